The molecule has 0 radical (unpaired) electrons. The van der Waals surface area contributed by atoms with Gasteiger partial charge in [0.25, 0.3) is 0 Å². The molecule has 0 saturated carbocycles. The molecule has 1 saturated heterocycles. The number of hydrogen-bond acceptors (Lipinski definition) is 6. The van der Waals surface area contributed by atoms with Crippen molar-refractivity contribution in [2.45, 2.75) is 39.2 Å². The van der Waals surface area contributed by atoms with Crippen molar-refractivity contribution in [1.29, 1.82) is 0 Å². The predicted octanol–water partition coefficient (Wildman–Crippen LogP) is 4.98. The molecule has 1 aliphatic heterocycles. The van der Waals surface area contributed by atoms with Gasteiger partial charge in [0.2, 0.25) is 0 Å². The van der Waals surface area contributed by atoms with E-state index in [1.807, 2.05) is 12.1 Å². The van der Waals surface area contributed by atoms with Crippen LogP contribution in [0.4, 0.5) is 11.5 Å². The molecule has 0 aliphatic carbocycles. The topological polar surface area (TPSA) is 64.2 Å². The Hall–Kier alpha value is -1.90. The first kappa shape index (κ1) is 23.3. The van der Waals surface area contributed by atoms with E-state index in [4.69, 9.17) is 11.6 Å². The minimum Gasteiger partial charge on any atom is -0.372 e. The van der Waals surface area contributed by atoms with Crippen LogP contribution in [0.25, 0.3) is 11.0 Å². The number of nitrogens with zero attached hydrogens (tertiary/aromatic N) is 6. The van der Waals surface area contributed by atoms with E-state index in [9.17, 15) is 0 Å². The molecule has 172 valence electrons. The van der Waals surface area contributed by atoms with Gasteiger partial charge in [0.1, 0.15) is 16.7 Å². The highest BCUT2D eigenvalue weighted by Crippen LogP contribution is 2.30. The molecule has 3 heterocycles. The summed E-state index contributed by atoms with van der Waals surface area (Å²) in [5.41, 5.74) is 2.02. The molecule has 1 fully saturated rings. The van der Waals surface area contributed by atoms with Gasteiger partial charge in [-0.3, -0.25) is 5.10 Å². The average molecular weight is 521 g/mol. The van der Waals surface area contributed by atoms with Gasteiger partial charge in [-0.1, -0.05) is 18.5 Å². The zero-order valence-electron chi connectivity index (χ0n) is 18.8. The fourth-order valence-corrected chi connectivity index (χ4v) is 5.26. The lowest BCUT2D eigenvalue weighted by Gasteiger charge is -2.39. The van der Waals surface area contributed by atoms with Crippen LogP contribution >= 0.6 is 27.5 Å². The van der Waals surface area contributed by atoms with E-state index in [0.29, 0.717) is 6.04 Å². The van der Waals surface area contributed by atoms with E-state index >= 15 is 0 Å². The molecule has 3 aromatic rings. The van der Waals surface area contributed by atoms with Crippen molar-refractivity contribution < 1.29 is 0 Å². The fourth-order valence-electron chi connectivity index (χ4n) is 4.68. The summed E-state index contributed by atoms with van der Waals surface area (Å²) in [6.07, 6.45) is 5.05. The molecule has 1 aromatic carbocycles. The van der Waals surface area contributed by atoms with Gasteiger partial charge in [-0.05, 0) is 72.9 Å². The monoisotopic (exact) mass is 519 g/mol. The standard InChI is InChI=1S/C23H31BrClN7/c1-3-30(18-8-6-17(25)7-9-18)12-5-13-31(4-2)19-10-14-32(15-11-19)23-20-21(24)28-29-22(20)26-16-27-23/h6-9,16,19H,3-5,10-15H2,1-2H3,(H,26,27,28,29). The van der Waals surface area contributed by atoms with Crippen molar-refractivity contribution in [2.24, 2.45) is 0 Å². The van der Waals surface area contributed by atoms with E-state index in [2.05, 4.69) is 76.8 Å². The Bertz CT molecular complexity index is 1000. The van der Waals surface area contributed by atoms with E-state index in [0.717, 1.165) is 85.0 Å². The Kier molecular flexibility index (Phi) is 7.86. The van der Waals surface area contributed by atoms with Gasteiger partial charge < -0.3 is 14.7 Å². The summed E-state index contributed by atoms with van der Waals surface area (Å²) in [5, 5.41) is 8.95. The van der Waals surface area contributed by atoms with E-state index in [1.54, 1.807) is 6.33 Å². The molecule has 0 atom stereocenters. The van der Waals surface area contributed by atoms with Crippen LogP contribution in [0.1, 0.15) is 33.1 Å². The molecule has 4 rings (SSSR count). The van der Waals surface area contributed by atoms with Crippen molar-refractivity contribution in [2.75, 3.05) is 49.1 Å². The largest absolute Gasteiger partial charge is 0.372 e. The number of benzene rings is 1. The van der Waals surface area contributed by atoms with Gasteiger partial charge >= 0.3 is 0 Å². The molecule has 0 spiro atoms. The van der Waals surface area contributed by atoms with Gasteiger partial charge in [0.05, 0.1) is 5.39 Å². The van der Waals surface area contributed by atoms with Crippen LogP contribution in [0.5, 0.6) is 0 Å². The van der Waals surface area contributed by atoms with Crippen LogP contribution < -0.4 is 9.80 Å². The lowest BCUT2D eigenvalue weighted by molar-refractivity contribution is 0.176. The van der Waals surface area contributed by atoms with Gasteiger partial charge in [-0.2, -0.15) is 5.10 Å². The zero-order valence-corrected chi connectivity index (χ0v) is 21.1. The Morgan fingerprint density at radius 1 is 1.09 bits per heavy atom. The summed E-state index contributed by atoms with van der Waals surface area (Å²) in [7, 11) is 0. The van der Waals surface area contributed by atoms with Crippen molar-refractivity contribution in [3.63, 3.8) is 0 Å². The quantitative estimate of drug-likeness (QED) is 0.429. The van der Waals surface area contributed by atoms with E-state index < -0.39 is 0 Å². The molecule has 1 aliphatic rings. The molecular formula is C23H31BrClN7. The Labute approximate surface area is 203 Å². The molecule has 2 aromatic heterocycles. The van der Waals surface area contributed by atoms with Crippen molar-refractivity contribution in [1.82, 2.24) is 25.1 Å². The first-order chi connectivity index (χ1) is 15.6. The number of halogens is 2. The lowest BCUT2D eigenvalue weighted by atomic mass is 10.0. The highest BCUT2D eigenvalue weighted by molar-refractivity contribution is 9.10. The van der Waals surface area contributed by atoms with Crippen molar-refractivity contribution in [3.8, 4) is 0 Å². The number of piperidine rings is 1. The molecule has 32 heavy (non-hydrogen) atoms. The van der Waals surface area contributed by atoms with E-state index in [1.165, 1.54) is 5.69 Å². The van der Waals surface area contributed by atoms with E-state index in [-0.39, 0.29) is 0 Å². The van der Waals surface area contributed by atoms with Gasteiger partial charge in [0, 0.05) is 49.5 Å². The summed E-state index contributed by atoms with van der Waals surface area (Å²) in [5.74, 6) is 0.971. The molecular weight excluding hydrogens is 490 g/mol. The smallest absolute Gasteiger partial charge is 0.161 e. The predicted molar refractivity (Wildman–Crippen MR) is 136 cm³/mol. The van der Waals surface area contributed by atoms with Gasteiger partial charge in [-0.25, -0.2) is 9.97 Å². The summed E-state index contributed by atoms with van der Waals surface area (Å²) in [6, 6.07) is 8.79. The maximum Gasteiger partial charge on any atom is 0.161 e. The summed E-state index contributed by atoms with van der Waals surface area (Å²) >= 11 is 9.58. The van der Waals surface area contributed by atoms with Crippen LogP contribution in [0.3, 0.4) is 0 Å². The molecule has 0 bridgehead atoms. The Morgan fingerprint density at radius 3 is 2.53 bits per heavy atom. The van der Waals surface area contributed by atoms with Gasteiger partial charge in [0.15, 0.2) is 5.65 Å². The summed E-state index contributed by atoms with van der Waals surface area (Å²) in [4.78, 5) is 16.3. The summed E-state index contributed by atoms with van der Waals surface area (Å²) in [6.45, 7) is 10.8. The molecule has 1 N–H and O–H groups in total. The number of nitrogens with one attached hydrogen (secondary N) is 1. The first-order valence-corrected chi connectivity index (χ1v) is 12.6. The third-order valence-electron chi connectivity index (χ3n) is 6.43. The average Bonchev–Trinajstić information content (AvgIpc) is 3.21. The Morgan fingerprint density at radius 2 is 1.84 bits per heavy atom. The molecule has 0 amide bonds. The molecule has 0 unspecified atom stereocenters. The minimum atomic E-state index is 0.618. The summed E-state index contributed by atoms with van der Waals surface area (Å²) < 4.78 is 0.779. The van der Waals surface area contributed by atoms with Crippen LogP contribution in [0.15, 0.2) is 35.2 Å². The normalized spacial score (nSPS) is 15.1. The van der Waals surface area contributed by atoms with Crippen LogP contribution in [-0.2, 0) is 0 Å². The maximum absolute atomic E-state index is 6.05. The number of anilines is 2. The highest BCUT2D eigenvalue weighted by atomic mass is 79.9. The van der Waals surface area contributed by atoms with Crippen LogP contribution in [-0.4, -0.2) is 70.4 Å². The number of aromatic nitrogens is 4. The Balaban J connectivity index is 1.31. The minimum absolute atomic E-state index is 0.618. The van der Waals surface area contributed by atoms with Crippen molar-refractivity contribution >= 4 is 50.1 Å². The van der Waals surface area contributed by atoms with Crippen LogP contribution in [0, 0.1) is 0 Å². The lowest BCUT2D eigenvalue weighted by Crippen LogP contribution is -2.46. The number of rotatable bonds is 9. The second-order valence-corrected chi connectivity index (χ2v) is 9.38. The third kappa shape index (κ3) is 5.18. The number of hydrogen-bond donors (Lipinski definition) is 1. The first-order valence-electron chi connectivity index (χ1n) is 11.4. The second kappa shape index (κ2) is 10.8. The second-order valence-electron chi connectivity index (χ2n) is 8.19. The number of aromatic amines is 1. The van der Waals surface area contributed by atoms with Gasteiger partial charge in [-0.15, -0.1) is 0 Å². The zero-order chi connectivity index (χ0) is 22.5. The molecule has 7 nitrogen and oxygen atoms in total. The maximum atomic E-state index is 6.05. The molecule has 9 heteroatoms. The number of H-pyrrole nitrogens is 1. The number of fused-ring (bicyclic) bond motifs is 1. The third-order valence-corrected chi connectivity index (χ3v) is 7.25. The highest BCUT2D eigenvalue weighted by Gasteiger charge is 2.26. The van der Waals surface area contributed by atoms with Crippen molar-refractivity contribution in [3.05, 3.63) is 40.2 Å². The SMILES string of the molecule is CCN(CCCN(CC)C1CCN(c2ncnc3[nH]nc(Br)c23)CC1)c1ccc(Cl)cc1. The fraction of sp³-hybridized carbons (Fsp3) is 0.522. The van der Waals surface area contributed by atoms with Crippen LogP contribution in [0.2, 0.25) is 5.02 Å².